The molecule has 1 aliphatic heterocycles. The Bertz CT molecular complexity index is 636. The Morgan fingerprint density at radius 1 is 1.40 bits per heavy atom. The third kappa shape index (κ3) is 3.53. The van der Waals surface area contributed by atoms with E-state index in [0.29, 0.717) is 36.9 Å². The van der Waals surface area contributed by atoms with Gasteiger partial charge in [-0.3, -0.25) is 9.69 Å². The zero-order valence-electron chi connectivity index (χ0n) is 15.2. The summed E-state index contributed by atoms with van der Waals surface area (Å²) in [7, 11) is 1.87. The molecule has 3 rings (SSSR count). The van der Waals surface area contributed by atoms with Gasteiger partial charge in [0, 0.05) is 12.5 Å². The van der Waals surface area contributed by atoms with E-state index in [1.807, 2.05) is 14.0 Å². The van der Waals surface area contributed by atoms with Gasteiger partial charge in [-0.25, -0.2) is 4.79 Å². The first-order chi connectivity index (χ1) is 12.0. The van der Waals surface area contributed by atoms with E-state index in [2.05, 4.69) is 27.7 Å². The zero-order chi connectivity index (χ0) is 18.0. The SMILES string of the molecule is CCC1CCC2(CC1)NC(=O)N(Cc1nc(CC(C)NC)no1)C2=O. The van der Waals surface area contributed by atoms with Gasteiger partial charge >= 0.3 is 6.03 Å². The number of carbonyl (C=O) groups is 2. The number of nitrogens with one attached hydrogen (secondary N) is 2. The highest BCUT2D eigenvalue weighted by atomic mass is 16.5. The van der Waals surface area contributed by atoms with Crippen LogP contribution in [0.1, 0.15) is 57.7 Å². The predicted molar refractivity (Wildman–Crippen MR) is 90.6 cm³/mol. The third-order valence-corrected chi connectivity index (χ3v) is 5.57. The Labute approximate surface area is 147 Å². The van der Waals surface area contributed by atoms with E-state index < -0.39 is 5.54 Å². The summed E-state index contributed by atoms with van der Waals surface area (Å²) in [6, 6.07) is -0.137. The van der Waals surface area contributed by atoms with Gasteiger partial charge in [0.05, 0.1) is 0 Å². The van der Waals surface area contributed by atoms with Crippen LogP contribution in [0.5, 0.6) is 0 Å². The molecule has 8 nitrogen and oxygen atoms in total. The van der Waals surface area contributed by atoms with Gasteiger partial charge < -0.3 is 15.2 Å². The van der Waals surface area contributed by atoms with Crippen LogP contribution in [-0.4, -0.2) is 45.6 Å². The number of aromatic nitrogens is 2. The molecule has 1 aromatic rings. The molecule has 2 aliphatic rings. The first kappa shape index (κ1) is 17.8. The quantitative estimate of drug-likeness (QED) is 0.757. The molecular weight excluding hydrogens is 322 g/mol. The number of amides is 3. The first-order valence-electron chi connectivity index (χ1n) is 9.10. The molecule has 1 saturated carbocycles. The summed E-state index contributed by atoms with van der Waals surface area (Å²) in [5.41, 5.74) is -0.730. The maximum Gasteiger partial charge on any atom is 0.325 e. The van der Waals surface area contributed by atoms with Crippen molar-refractivity contribution in [1.82, 2.24) is 25.7 Å². The summed E-state index contributed by atoms with van der Waals surface area (Å²) in [5, 5.41) is 9.95. The van der Waals surface area contributed by atoms with Crippen LogP contribution in [0.15, 0.2) is 4.52 Å². The van der Waals surface area contributed by atoms with E-state index >= 15 is 0 Å². The van der Waals surface area contributed by atoms with Crippen molar-refractivity contribution in [1.29, 1.82) is 0 Å². The Hall–Kier alpha value is -1.96. The van der Waals surface area contributed by atoms with Crippen LogP contribution in [-0.2, 0) is 17.8 Å². The molecule has 1 spiro atoms. The van der Waals surface area contributed by atoms with E-state index in [0.717, 1.165) is 19.3 Å². The zero-order valence-corrected chi connectivity index (χ0v) is 15.2. The number of rotatable bonds is 6. The summed E-state index contributed by atoms with van der Waals surface area (Å²) in [6.45, 7) is 4.22. The lowest BCUT2D eigenvalue weighted by atomic mass is 9.75. The molecule has 25 heavy (non-hydrogen) atoms. The average Bonchev–Trinajstić information content (AvgIpc) is 3.14. The van der Waals surface area contributed by atoms with Crippen LogP contribution in [0.3, 0.4) is 0 Å². The van der Waals surface area contributed by atoms with Crippen LogP contribution < -0.4 is 10.6 Å². The second kappa shape index (κ2) is 7.11. The predicted octanol–water partition coefficient (Wildman–Crippen LogP) is 1.61. The molecule has 1 unspecified atom stereocenters. The molecule has 138 valence electrons. The van der Waals surface area contributed by atoms with Crippen molar-refractivity contribution in [2.45, 2.75) is 70.5 Å². The molecule has 2 heterocycles. The van der Waals surface area contributed by atoms with Crippen LogP contribution >= 0.6 is 0 Å². The van der Waals surface area contributed by atoms with Crippen molar-refractivity contribution in [3.05, 3.63) is 11.7 Å². The summed E-state index contributed by atoms with van der Waals surface area (Å²) in [6.07, 6.45) is 5.12. The minimum absolute atomic E-state index is 0.0323. The maximum absolute atomic E-state index is 12.9. The molecule has 3 amide bonds. The van der Waals surface area contributed by atoms with Gasteiger partial charge in [-0.05, 0) is 45.6 Å². The lowest BCUT2D eigenvalue weighted by molar-refractivity contribution is -0.133. The summed E-state index contributed by atoms with van der Waals surface area (Å²) in [5.74, 6) is 1.36. The lowest BCUT2D eigenvalue weighted by Crippen LogP contribution is -2.49. The number of hydrogen-bond acceptors (Lipinski definition) is 6. The minimum Gasteiger partial charge on any atom is -0.337 e. The molecule has 1 aliphatic carbocycles. The highest BCUT2D eigenvalue weighted by Crippen LogP contribution is 2.37. The summed E-state index contributed by atoms with van der Waals surface area (Å²) < 4.78 is 5.22. The van der Waals surface area contributed by atoms with Crippen LogP contribution in [0.2, 0.25) is 0 Å². The molecule has 0 bridgehead atoms. The standard InChI is InChI=1S/C17H27N5O3/c1-4-12-5-7-17(8-6-12)15(23)22(16(24)20-17)10-14-19-13(21-25-14)9-11(2)18-3/h11-12,18H,4-10H2,1-3H3,(H,20,24). The third-order valence-electron chi connectivity index (χ3n) is 5.57. The average molecular weight is 349 g/mol. The van der Waals surface area contributed by atoms with Crippen molar-refractivity contribution in [2.24, 2.45) is 5.92 Å². The number of likely N-dealkylation sites (N-methyl/N-ethyl adjacent to an activating group) is 1. The molecule has 1 atom stereocenters. The van der Waals surface area contributed by atoms with Gasteiger partial charge in [0.2, 0.25) is 5.89 Å². The van der Waals surface area contributed by atoms with E-state index in [4.69, 9.17) is 4.52 Å². The molecule has 0 radical (unpaired) electrons. The number of nitrogens with zero attached hydrogens (tertiary/aromatic N) is 3. The van der Waals surface area contributed by atoms with Gasteiger partial charge in [0.25, 0.3) is 5.91 Å². The van der Waals surface area contributed by atoms with Gasteiger partial charge in [0.15, 0.2) is 5.82 Å². The number of imide groups is 1. The first-order valence-corrected chi connectivity index (χ1v) is 9.10. The van der Waals surface area contributed by atoms with Crippen molar-refractivity contribution < 1.29 is 14.1 Å². The minimum atomic E-state index is -0.730. The maximum atomic E-state index is 12.9. The molecule has 2 N–H and O–H groups in total. The van der Waals surface area contributed by atoms with Crippen molar-refractivity contribution in [3.63, 3.8) is 0 Å². The normalized spacial score (nSPS) is 27.8. The van der Waals surface area contributed by atoms with E-state index in [-0.39, 0.29) is 24.5 Å². The Kier molecular flexibility index (Phi) is 5.08. The summed E-state index contributed by atoms with van der Waals surface area (Å²) in [4.78, 5) is 30.7. The van der Waals surface area contributed by atoms with Gasteiger partial charge in [-0.2, -0.15) is 4.98 Å². The van der Waals surface area contributed by atoms with E-state index in [1.54, 1.807) is 0 Å². The molecule has 0 aromatic carbocycles. The van der Waals surface area contributed by atoms with Crippen LogP contribution in [0.25, 0.3) is 0 Å². The van der Waals surface area contributed by atoms with Gasteiger partial charge in [-0.15, -0.1) is 0 Å². The molecule has 1 aromatic heterocycles. The topological polar surface area (TPSA) is 100 Å². The lowest BCUT2D eigenvalue weighted by Gasteiger charge is -2.34. The Morgan fingerprint density at radius 3 is 2.76 bits per heavy atom. The molecule has 8 heteroatoms. The highest BCUT2D eigenvalue weighted by Gasteiger charge is 2.52. The van der Waals surface area contributed by atoms with Crippen molar-refractivity contribution in [3.8, 4) is 0 Å². The Morgan fingerprint density at radius 2 is 2.12 bits per heavy atom. The van der Waals surface area contributed by atoms with E-state index in [9.17, 15) is 9.59 Å². The van der Waals surface area contributed by atoms with Crippen molar-refractivity contribution >= 4 is 11.9 Å². The van der Waals surface area contributed by atoms with Gasteiger partial charge in [0.1, 0.15) is 12.1 Å². The van der Waals surface area contributed by atoms with Gasteiger partial charge in [-0.1, -0.05) is 18.5 Å². The van der Waals surface area contributed by atoms with Crippen LogP contribution in [0, 0.1) is 5.92 Å². The number of urea groups is 1. The Balaban J connectivity index is 1.65. The highest BCUT2D eigenvalue weighted by molar-refractivity contribution is 6.06. The second-order valence-corrected chi connectivity index (χ2v) is 7.25. The fourth-order valence-electron chi connectivity index (χ4n) is 3.69. The number of hydrogen-bond donors (Lipinski definition) is 2. The smallest absolute Gasteiger partial charge is 0.325 e. The fourth-order valence-corrected chi connectivity index (χ4v) is 3.69. The molecular formula is C17H27N5O3. The fraction of sp³-hybridized carbons (Fsp3) is 0.765. The van der Waals surface area contributed by atoms with Crippen molar-refractivity contribution in [2.75, 3.05) is 7.05 Å². The van der Waals surface area contributed by atoms with Crippen LogP contribution in [0.4, 0.5) is 4.79 Å². The largest absolute Gasteiger partial charge is 0.337 e. The molecule has 1 saturated heterocycles. The summed E-state index contributed by atoms with van der Waals surface area (Å²) >= 11 is 0. The monoisotopic (exact) mass is 349 g/mol. The number of carbonyl (C=O) groups excluding carboxylic acids is 2. The van der Waals surface area contributed by atoms with E-state index in [1.165, 1.54) is 4.90 Å². The molecule has 2 fully saturated rings. The second-order valence-electron chi connectivity index (χ2n) is 7.25.